The standard InChI is InChI=1S/C17H32N4O2/c1-3-4-5-6-7-8-9-10-11-12-13-14-21-16(18-19-20-21)15(2)17(22)23/h15H,3-14H2,1-2H3,(H,22,23). The number of hydrogen-bond acceptors (Lipinski definition) is 4. The monoisotopic (exact) mass is 324 g/mol. The second kappa shape index (κ2) is 12.0. The normalized spacial score (nSPS) is 12.4. The van der Waals surface area contributed by atoms with Crippen molar-refractivity contribution in [3.05, 3.63) is 5.82 Å². The van der Waals surface area contributed by atoms with Crippen LogP contribution in [-0.4, -0.2) is 31.3 Å². The summed E-state index contributed by atoms with van der Waals surface area (Å²) in [5, 5.41) is 20.3. The summed E-state index contributed by atoms with van der Waals surface area (Å²) in [6.07, 6.45) is 14.2. The van der Waals surface area contributed by atoms with Crippen LogP contribution in [0.25, 0.3) is 0 Å². The minimum atomic E-state index is -0.889. The minimum absolute atomic E-state index is 0.449. The van der Waals surface area contributed by atoms with Gasteiger partial charge in [0, 0.05) is 6.54 Å². The van der Waals surface area contributed by atoms with Crippen molar-refractivity contribution in [2.45, 2.75) is 96.9 Å². The molecule has 0 bridgehead atoms. The largest absolute Gasteiger partial charge is 0.481 e. The van der Waals surface area contributed by atoms with E-state index in [1.54, 1.807) is 11.6 Å². The van der Waals surface area contributed by atoms with Crippen molar-refractivity contribution in [2.75, 3.05) is 0 Å². The molecule has 1 heterocycles. The number of aryl methyl sites for hydroxylation is 1. The molecule has 0 saturated heterocycles. The first-order valence-corrected chi connectivity index (χ1v) is 9.15. The van der Waals surface area contributed by atoms with Gasteiger partial charge in [0.2, 0.25) is 0 Å². The number of tetrazole rings is 1. The Balaban J connectivity index is 2.03. The van der Waals surface area contributed by atoms with Gasteiger partial charge in [0.1, 0.15) is 5.92 Å². The first-order valence-electron chi connectivity index (χ1n) is 9.15. The lowest BCUT2D eigenvalue weighted by atomic mass is 10.1. The van der Waals surface area contributed by atoms with Crippen molar-refractivity contribution in [1.29, 1.82) is 0 Å². The van der Waals surface area contributed by atoms with Gasteiger partial charge < -0.3 is 5.11 Å². The molecule has 0 radical (unpaired) electrons. The molecule has 0 amide bonds. The number of hydrogen-bond donors (Lipinski definition) is 1. The van der Waals surface area contributed by atoms with Crippen molar-refractivity contribution >= 4 is 5.97 Å². The third-order valence-corrected chi connectivity index (χ3v) is 4.29. The molecule has 0 aliphatic carbocycles. The minimum Gasteiger partial charge on any atom is -0.481 e. The van der Waals surface area contributed by atoms with Crippen LogP contribution in [0.1, 0.15) is 96.2 Å². The second-order valence-electron chi connectivity index (χ2n) is 6.36. The van der Waals surface area contributed by atoms with Crippen LogP contribution in [0.4, 0.5) is 0 Å². The molecule has 1 unspecified atom stereocenters. The molecule has 0 aliphatic rings. The third-order valence-electron chi connectivity index (χ3n) is 4.29. The van der Waals surface area contributed by atoms with Crippen molar-refractivity contribution in [1.82, 2.24) is 20.2 Å². The fourth-order valence-corrected chi connectivity index (χ4v) is 2.72. The van der Waals surface area contributed by atoms with E-state index in [0.717, 1.165) is 12.8 Å². The fourth-order valence-electron chi connectivity index (χ4n) is 2.72. The number of nitrogens with zero attached hydrogens (tertiary/aromatic N) is 4. The van der Waals surface area contributed by atoms with E-state index in [1.807, 2.05) is 0 Å². The van der Waals surface area contributed by atoms with Crippen LogP contribution in [-0.2, 0) is 11.3 Å². The average molecular weight is 324 g/mol. The van der Waals surface area contributed by atoms with Crippen LogP contribution in [0.3, 0.4) is 0 Å². The average Bonchev–Trinajstić information content (AvgIpc) is 3.00. The molecule has 0 fully saturated rings. The van der Waals surface area contributed by atoms with Gasteiger partial charge in [-0.15, -0.1) is 5.10 Å². The molecular formula is C17H32N4O2. The van der Waals surface area contributed by atoms with Crippen LogP contribution in [0, 0.1) is 0 Å². The maximum Gasteiger partial charge on any atom is 0.314 e. The van der Waals surface area contributed by atoms with Gasteiger partial charge in [-0.3, -0.25) is 4.79 Å². The Hall–Kier alpha value is -1.46. The quantitative estimate of drug-likeness (QED) is 0.519. The molecule has 1 aromatic heterocycles. The number of rotatable bonds is 14. The highest BCUT2D eigenvalue weighted by Gasteiger charge is 2.20. The number of unbranched alkanes of at least 4 members (excludes halogenated alkanes) is 10. The summed E-state index contributed by atoms with van der Waals surface area (Å²) in [6, 6.07) is 0. The summed E-state index contributed by atoms with van der Waals surface area (Å²) in [5.41, 5.74) is 0. The summed E-state index contributed by atoms with van der Waals surface area (Å²) in [4.78, 5) is 11.0. The molecule has 0 spiro atoms. The Morgan fingerprint density at radius 2 is 1.52 bits per heavy atom. The zero-order valence-electron chi connectivity index (χ0n) is 14.7. The van der Waals surface area contributed by atoms with Gasteiger partial charge >= 0.3 is 5.97 Å². The Kier molecular flexibility index (Phi) is 10.2. The summed E-state index contributed by atoms with van der Waals surface area (Å²) in [5.74, 6) is -1.10. The molecule has 132 valence electrons. The first kappa shape index (κ1) is 19.6. The van der Waals surface area contributed by atoms with E-state index in [1.165, 1.54) is 57.8 Å². The lowest BCUT2D eigenvalue weighted by Gasteiger charge is -2.07. The summed E-state index contributed by atoms with van der Waals surface area (Å²) >= 11 is 0. The predicted octanol–water partition coefficient (Wildman–Crippen LogP) is 4.17. The maximum absolute atomic E-state index is 11.0. The highest BCUT2D eigenvalue weighted by molar-refractivity contribution is 5.74. The van der Waals surface area contributed by atoms with Crippen LogP contribution in [0.2, 0.25) is 0 Å². The van der Waals surface area contributed by atoms with Gasteiger partial charge in [-0.05, 0) is 23.8 Å². The van der Waals surface area contributed by atoms with Gasteiger partial charge in [0.15, 0.2) is 5.82 Å². The van der Waals surface area contributed by atoms with E-state index in [4.69, 9.17) is 5.11 Å². The molecular weight excluding hydrogens is 292 g/mol. The topological polar surface area (TPSA) is 80.9 Å². The van der Waals surface area contributed by atoms with Crippen LogP contribution in [0.5, 0.6) is 0 Å². The maximum atomic E-state index is 11.0. The zero-order chi connectivity index (χ0) is 16.9. The van der Waals surface area contributed by atoms with Crippen molar-refractivity contribution in [3.63, 3.8) is 0 Å². The Morgan fingerprint density at radius 1 is 1.00 bits per heavy atom. The summed E-state index contributed by atoms with van der Waals surface area (Å²) in [6.45, 7) is 4.57. The number of aliphatic carboxylic acids is 1. The lowest BCUT2D eigenvalue weighted by molar-refractivity contribution is -0.138. The van der Waals surface area contributed by atoms with Crippen LogP contribution in [0.15, 0.2) is 0 Å². The van der Waals surface area contributed by atoms with Gasteiger partial charge in [-0.1, -0.05) is 71.1 Å². The molecule has 1 atom stereocenters. The molecule has 0 saturated carbocycles. The number of carboxylic acid groups (broad SMARTS) is 1. The third kappa shape index (κ3) is 8.09. The molecule has 0 aromatic carbocycles. The Bertz CT molecular complexity index is 434. The second-order valence-corrected chi connectivity index (χ2v) is 6.36. The Morgan fingerprint density at radius 3 is 2.04 bits per heavy atom. The molecule has 6 nitrogen and oxygen atoms in total. The lowest BCUT2D eigenvalue weighted by Crippen LogP contribution is -2.15. The SMILES string of the molecule is CCCCCCCCCCCCCn1nnnc1C(C)C(=O)O. The highest BCUT2D eigenvalue weighted by atomic mass is 16.4. The molecule has 1 aromatic rings. The summed E-state index contributed by atoms with van der Waals surface area (Å²) in [7, 11) is 0. The van der Waals surface area contributed by atoms with E-state index in [9.17, 15) is 4.79 Å². The van der Waals surface area contributed by atoms with E-state index < -0.39 is 11.9 Å². The molecule has 6 heteroatoms. The van der Waals surface area contributed by atoms with Crippen molar-refractivity contribution in [2.24, 2.45) is 0 Å². The van der Waals surface area contributed by atoms with Crippen LogP contribution >= 0.6 is 0 Å². The van der Waals surface area contributed by atoms with Gasteiger partial charge in [-0.2, -0.15) is 0 Å². The van der Waals surface area contributed by atoms with E-state index in [2.05, 4.69) is 22.4 Å². The van der Waals surface area contributed by atoms with Gasteiger partial charge in [0.05, 0.1) is 0 Å². The molecule has 23 heavy (non-hydrogen) atoms. The van der Waals surface area contributed by atoms with Gasteiger partial charge in [-0.25, -0.2) is 4.68 Å². The highest BCUT2D eigenvalue weighted by Crippen LogP contribution is 2.14. The number of carbonyl (C=O) groups is 1. The molecule has 1 N–H and O–H groups in total. The van der Waals surface area contributed by atoms with Crippen LogP contribution < -0.4 is 0 Å². The van der Waals surface area contributed by atoms with E-state index >= 15 is 0 Å². The van der Waals surface area contributed by atoms with Crippen molar-refractivity contribution in [3.8, 4) is 0 Å². The number of aromatic nitrogens is 4. The predicted molar refractivity (Wildman–Crippen MR) is 90.3 cm³/mol. The Labute approximate surface area is 139 Å². The fraction of sp³-hybridized carbons (Fsp3) is 0.882. The first-order chi connectivity index (χ1) is 11.2. The van der Waals surface area contributed by atoms with E-state index in [0.29, 0.717) is 12.4 Å². The summed E-state index contributed by atoms with van der Waals surface area (Å²) < 4.78 is 1.63. The zero-order valence-corrected chi connectivity index (χ0v) is 14.7. The molecule has 1 rings (SSSR count). The smallest absolute Gasteiger partial charge is 0.314 e. The van der Waals surface area contributed by atoms with E-state index in [-0.39, 0.29) is 0 Å². The van der Waals surface area contributed by atoms with Crippen molar-refractivity contribution < 1.29 is 9.90 Å². The van der Waals surface area contributed by atoms with Gasteiger partial charge in [0.25, 0.3) is 0 Å². The number of carboxylic acids is 1. The molecule has 0 aliphatic heterocycles.